The van der Waals surface area contributed by atoms with Crippen LogP contribution in [0.25, 0.3) is 22.3 Å². The van der Waals surface area contributed by atoms with E-state index in [0.717, 1.165) is 17.7 Å². The van der Waals surface area contributed by atoms with Crippen LogP contribution in [0, 0.1) is 5.82 Å². The van der Waals surface area contributed by atoms with Crippen molar-refractivity contribution in [1.82, 2.24) is 9.97 Å². The highest BCUT2D eigenvalue weighted by Gasteiger charge is 2.14. The van der Waals surface area contributed by atoms with Crippen LogP contribution in [0.5, 0.6) is 0 Å². The Balaban J connectivity index is 1.58. The number of anilines is 1. The SMILES string of the molecule is O=S(=O)(Nc1ccc(-c2cnc3cc(Cl)ccc3n2)cc1)c1ccc(F)cc1. The molecule has 0 fully saturated rings. The van der Waals surface area contributed by atoms with Gasteiger partial charge in [0.1, 0.15) is 5.82 Å². The highest BCUT2D eigenvalue weighted by Crippen LogP contribution is 2.24. The number of aromatic nitrogens is 2. The third-order valence-corrected chi connectivity index (χ3v) is 5.69. The molecule has 8 heteroatoms. The first-order valence-corrected chi connectivity index (χ1v) is 10.1. The van der Waals surface area contributed by atoms with Crippen molar-refractivity contribution in [1.29, 1.82) is 0 Å². The molecular weight excluding hydrogens is 401 g/mol. The molecule has 28 heavy (non-hydrogen) atoms. The Hall–Kier alpha value is -3.03. The average molecular weight is 414 g/mol. The Morgan fingerprint density at radius 1 is 0.893 bits per heavy atom. The zero-order valence-corrected chi connectivity index (χ0v) is 15.9. The first kappa shape index (κ1) is 18.3. The molecule has 5 nitrogen and oxygen atoms in total. The van der Waals surface area contributed by atoms with Crippen molar-refractivity contribution in [2.45, 2.75) is 4.90 Å². The van der Waals surface area contributed by atoms with E-state index in [1.165, 1.54) is 12.1 Å². The largest absolute Gasteiger partial charge is 0.280 e. The summed E-state index contributed by atoms with van der Waals surface area (Å²) in [6.07, 6.45) is 1.64. The van der Waals surface area contributed by atoms with Gasteiger partial charge in [-0.3, -0.25) is 9.71 Å². The summed E-state index contributed by atoms with van der Waals surface area (Å²) in [6, 6.07) is 16.6. The molecule has 0 saturated carbocycles. The zero-order valence-electron chi connectivity index (χ0n) is 14.3. The van der Waals surface area contributed by atoms with E-state index in [1.54, 1.807) is 48.7 Å². The molecule has 0 saturated heterocycles. The van der Waals surface area contributed by atoms with Gasteiger partial charge in [-0.1, -0.05) is 23.7 Å². The topological polar surface area (TPSA) is 72.0 Å². The van der Waals surface area contributed by atoms with Gasteiger partial charge in [0.25, 0.3) is 10.0 Å². The molecule has 0 aliphatic carbocycles. The zero-order chi connectivity index (χ0) is 19.7. The molecule has 1 N–H and O–H groups in total. The van der Waals surface area contributed by atoms with Crippen LogP contribution in [0.15, 0.2) is 77.8 Å². The molecule has 4 aromatic rings. The molecular formula is C20H13ClFN3O2S. The smallest absolute Gasteiger partial charge is 0.261 e. The van der Waals surface area contributed by atoms with Gasteiger partial charge in [0, 0.05) is 16.3 Å². The standard InChI is InChI=1S/C20H13ClFN3O2S/c21-14-3-10-18-19(11-14)23-12-20(24-18)13-1-6-16(7-2-13)25-28(26,27)17-8-4-15(22)5-9-17/h1-12,25H. The van der Waals surface area contributed by atoms with E-state index in [4.69, 9.17) is 11.6 Å². The summed E-state index contributed by atoms with van der Waals surface area (Å²) in [4.78, 5) is 8.89. The monoisotopic (exact) mass is 413 g/mol. The van der Waals surface area contributed by atoms with Gasteiger partial charge in [-0.2, -0.15) is 0 Å². The second kappa shape index (κ2) is 7.18. The summed E-state index contributed by atoms with van der Waals surface area (Å²) in [5, 5.41) is 0.590. The molecule has 0 atom stereocenters. The van der Waals surface area contributed by atoms with Gasteiger partial charge >= 0.3 is 0 Å². The molecule has 1 heterocycles. The number of sulfonamides is 1. The summed E-state index contributed by atoms with van der Waals surface area (Å²) < 4.78 is 40.2. The normalized spacial score (nSPS) is 11.5. The molecule has 4 rings (SSSR count). The second-order valence-corrected chi connectivity index (χ2v) is 8.14. The van der Waals surface area contributed by atoms with Crippen molar-refractivity contribution >= 4 is 38.3 Å². The number of benzene rings is 3. The van der Waals surface area contributed by atoms with Gasteiger partial charge in [0.15, 0.2) is 0 Å². The minimum Gasteiger partial charge on any atom is -0.280 e. The molecule has 0 aliphatic rings. The summed E-state index contributed by atoms with van der Waals surface area (Å²) in [6.45, 7) is 0. The van der Waals surface area contributed by atoms with Crippen LogP contribution in [0.2, 0.25) is 5.02 Å². The fraction of sp³-hybridized carbons (Fsp3) is 0. The van der Waals surface area contributed by atoms with Crippen molar-refractivity contribution in [3.05, 3.63) is 83.8 Å². The molecule has 0 spiro atoms. The van der Waals surface area contributed by atoms with E-state index >= 15 is 0 Å². The van der Waals surface area contributed by atoms with Crippen LogP contribution >= 0.6 is 11.6 Å². The van der Waals surface area contributed by atoms with E-state index in [0.29, 0.717) is 27.4 Å². The van der Waals surface area contributed by atoms with Gasteiger partial charge in [-0.25, -0.2) is 17.8 Å². The lowest BCUT2D eigenvalue weighted by Gasteiger charge is -2.09. The lowest BCUT2D eigenvalue weighted by atomic mass is 10.1. The second-order valence-electron chi connectivity index (χ2n) is 6.03. The Morgan fingerprint density at radius 3 is 2.32 bits per heavy atom. The number of halogens is 2. The van der Waals surface area contributed by atoms with Crippen LogP contribution in [-0.2, 0) is 10.0 Å². The Morgan fingerprint density at radius 2 is 1.61 bits per heavy atom. The highest BCUT2D eigenvalue weighted by molar-refractivity contribution is 7.92. The number of nitrogens with one attached hydrogen (secondary N) is 1. The van der Waals surface area contributed by atoms with E-state index in [-0.39, 0.29) is 4.90 Å². The number of fused-ring (bicyclic) bond motifs is 1. The minimum atomic E-state index is -3.80. The predicted molar refractivity (Wildman–Crippen MR) is 107 cm³/mol. The first-order chi connectivity index (χ1) is 13.4. The van der Waals surface area contributed by atoms with Crippen LogP contribution in [0.3, 0.4) is 0 Å². The third kappa shape index (κ3) is 3.81. The number of nitrogens with zero attached hydrogens (tertiary/aromatic N) is 2. The van der Waals surface area contributed by atoms with Gasteiger partial charge < -0.3 is 0 Å². The van der Waals surface area contributed by atoms with Gasteiger partial charge in [-0.15, -0.1) is 0 Å². The average Bonchev–Trinajstić information content (AvgIpc) is 2.68. The molecule has 0 aliphatic heterocycles. The van der Waals surface area contributed by atoms with Crippen LogP contribution in [-0.4, -0.2) is 18.4 Å². The summed E-state index contributed by atoms with van der Waals surface area (Å²) in [5.41, 5.74) is 3.23. The number of hydrogen-bond acceptors (Lipinski definition) is 4. The maximum absolute atomic E-state index is 13.0. The first-order valence-electron chi connectivity index (χ1n) is 8.22. The molecule has 140 valence electrons. The van der Waals surface area contributed by atoms with E-state index < -0.39 is 15.8 Å². The van der Waals surface area contributed by atoms with Crippen molar-refractivity contribution in [3.8, 4) is 11.3 Å². The summed E-state index contributed by atoms with van der Waals surface area (Å²) in [5.74, 6) is -0.498. The highest BCUT2D eigenvalue weighted by atomic mass is 35.5. The maximum atomic E-state index is 13.0. The van der Waals surface area contributed by atoms with Crippen LogP contribution in [0.4, 0.5) is 10.1 Å². The van der Waals surface area contributed by atoms with Crippen molar-refractivity contribution in [3.63, 3.8) is 0 Å². The molecule has 3 aromatic carbocycles. The minimum absolute atomic E-state index is 0.0166. The fourth-order valence-electron chi connectivity index (χ4n) is 2.66. The molecule has 0 bridgehead atoms. The van der Waals surface area contributed by atoms with Crippen molar-refractivity contribution in [2.24, 2.45) is 0 Å². The summed E-state index contributed by atoms with van der Waals surface area (Å²) >= 11 is 5.96. The van der Waals surface area contributed by atoms with Gasteiger partial charge in [-0.05, 0) is 54.6 Å². The molecule has 1 aromatic heterocycles. The molecule has 0 radical (unpaired) electrons. The van der Waals surface area contributed by atoms with E-state index in [1.807, 2.05) is 0 Å². The number of rotatable bonds is 4. The fourth-order valence-corrected chi connectivity index (χ4v) is 3.88. The van der Waals surface area contributed by atoms with Crippen LogP contribution < -0.4 is 4.72 Å². The lowest BCUT2D eigenvalue weighted by molar-refractivity contribution is 0.599. The quantitative estimate of drug-likeness (QED) is 0.517. The van der Waals surface area contributed by atoms with Gasteiger partial charge in [0.05, 0.1) is 27.8 Å². The third-order valence-electron chi connectivity index (χ3n) is 4.06. The van der Waals surface area contributed by atoms with E-state index in [9.17, 15) is 12.8 Å². The lowest BCUT2D eigenvalue weighted by Crippen LogP contribution is -2.12. The molecule has 0 unspecified atom stereocenters. The van der Waals surface area contributed by atoms with Gasteiger partial charge in [0.2, 0.25) is 0 Å². The Bertz CT molecular complexity index is 1260. The van der Waals surface area contributed by atoms with E-state index in [2.05, 4.69) is 14.7 Å². The predicted octanol–water partition coefficient (Wildman–Crippen LogP) is 4.89. The Kier molecular flexibility index (Phi) is 4.70. The van der Waals surface area contributed by atoms with Crippen LogP contribution in [0.1, 0.15) is 0 Å². The number of hydrogen-bond donors (Lipinski definition) is 1. The maximum Gasteiger partial charge on any atom is 0.261 e. The Labute approximate surface area is 165 Å². The van der Waals surface area contributed by atoms with Crippen molar-refractivity contribution in [2.75, 3.05) is 4.72 Å². The molecule has 0 amide bonds. The summed E-state index contributed by atoms with van der Waals surface area (Å²) in [7, 11) is -3.80. The van der Waals surface area contributed by atoms with Crippen molar-refractivity contribution < 1.29 is 12.8 Å².